The Hall–Kier alpha value is -3.06. The summed E-state index contributed by atoms with van der Waals surface area (Å²) < 4.78 is 43.3. The van der Waals surface area contributed by atoms with E-state index in [2.05, 4.69) is 10.1 Å². The van der Waals surface area contributed by atoms with Gasteiger partial charge in [-0.2, -0.15) is 13.2 Å². The molecular weight excluding hydrogens is 405 g/mol. The molecule has 1 heterocycles. The number of pyridine rings is 1. The third kappa shape index (κ3) is 5.48. The van der Waals surface area contributed by atoms with Crippen LogP contribution >= 0.6 is 11.6 Å². The molecule has 0 aliphatic rings. The van der Waals surface area contributed by atoms with Crippen LogP contribution in [-0.4, -0.2) is 18.3 Å². The van der Waals surface area contributed by atoms with Crippen molar-refractivity contribution in [3.8, 4) is 17.0 Å². The minimum absolute atomic E-state index is 0.0668. The zero-order valence-corrected chi connectivity index (χ0v) is 16.0. The van der Waals surface area contributed by atoms with Gasteiger partial charge in [0.05, 0.1) is 29.6 Å². The molecule has 0 fully saturated rings. The Labute approximate surface area is 170 Å². The third-order valence-corrected chi connectivity index (χ3v) is 4.28. The number of halogens is 4. The van der Waals surface area contributed by atoms with Gasteiger partial charge in [0.15, 0.2) is 0 Å². The Morgan fingerprint density at radius 1 is 1.10 bits per heavy atom. The molecular formula is C21H16ClF3N2O2. The summed E-state index contributed by atoms with van der Waals surface area (Å²) in [4.78, 5) is 9.12. The van der Waals surface area contributed by atoms with Gasteiger partial charge in [0.1, 0.15) is 12.4 Å². The maximum Gasteiger partial charge on any atom is 0.417 e. The van der Waals surface area contributed by atoms with E-state index >= 15 is 0 Å². The SMILES string of the molecule is COc1cccc(CO/N=C/c2ccc(-c3ncc(C(F)(F)F)cc3Cl)cc2)c1. The van der Waals surface area contributed by atoms with Crippen LogP contribution in [0.3, 0.4) is 0 Å². The molecule has 1 aromatic heterocycles. The van der Waals surface area contributed by atoms with Crippen LogP contribution in [0.5, 0.6) is 5.75 Å². The number of oxime groups is 1. The first-order valence-corrected chi connectivity index (χ1v) is 8.86. The second kappa shape index (κ2) is 8.96. The van der Waals surface area contributed by atoms with Crippen LogP contribution in [0.25, 0.3) is 11.3 Å². The Kier molecular flexibility index (Phi) is 6.39. The van der Waals surface area contributed by atoms with Crippen LogP contribution in [0.1, 0.15) is 16.7 Å². The summed E-state index contributed by atoms with van der Waals surface area (Å²) in [6.45, 7) is 0.289. The smallest absolute Gasteiger partial charge is 0.417 e. The number of ether oxygens (including phenoxy) is 1. The van der Waals surface area contributed by atoms with E-state index in [1.807, 2.05) is 24.3 Å². The molecule has 29 heavy (non-hydrogen) atoms. The highest BCUT2D eigenvalue weighted by Gasteiger charge is 2.31. The van der Waals surface area contributed by atoms with Crippen molar-refractivity contribution in [2.75, 3.05) is 7.11 Å². The van der Waals surface area contributed by atoms with Crippen LogP contribution in [0.2, 0.25) is 5.02 Å². The molecule has 2 aromatic carbocycles. The minimum Gasteiger partial charge on any atom is -0.497 e. The summed E-state index contributed by atoms with van der Waals surface area (Å²) in [5, 5.41) is 3.85. The number of nitrogens with zero attached hydrogens (tertiary/aromatic N) is 2. The summed E-state index contributed by atoms with van der Waals surface area (Å²) in [6, 6.07) is 15.2. The zero-order valence-electron chi connectivity index (χ0n) is 15.3. The first-order valence-electron chi connectivity index (χ1n) is 8.48. The molecule has 0 atom stereocenters. The fourth-order valence-corrected chi connectivity index (χ4v) is 2.78. The van der Waals surface area contributed by atoms with Gasteiger partial charge in [0.2, 0.25) is 0 Å². The molecule has 0 N–H and O–H groups in total. The molecule has 0 aliphatic heterocycles. The number of hydrogen-bond acceptors (Lipinski definition) is 4. The molecule has 0 saturated carbocycles. The van der Waals surface area contributed by atoms with Gasteiger partial charge >= 0.3 is 6.18 Å². The highest BCUT2D eigenvalue weighted by molar-refractivity contribution is 6.33. The van der Waals surface area contributed by atoms with Crippen LogP contribution in [0.4, 0.5) is 13.2 Å². The second-order valence-electron chi connectivity index (χ2n) is 6.03. The molecule has 8 heteroatoms. The first kappa shape index (κ1) is 20.7. The second-order valence-corrected chi connectivity index (χ2v) is 6.44. The number of hydrogen-bond donors (Lipinski definition) is 0. The standard InChI is InChI=1S/C21H16ClF3N2O2/c1-28-18-4-2-3-15(9-18)13-29-27-11-14-5-7-16(8-6-14)20-19(22)10-17(12-26-20)21(23,24)25/h2-12H,13H2,1H3/b27-11+. The van der Waals surface area contributed by atoms with Crippen LogP contribution in [0.15, 0.2) is 65.9 Å². The van der Waals surface area contributed by atoms with Crippen LogP contribution in [0, 0.1) is 0 Å². The zero-order chi connectivity index (χ0) is 20.9. The van der Waals surface area contributed by atoms with E-state index < -0.39 is 11.7 Å². The lowest BCUT2D eigenvalue weighted by molar-refractivity contribution is -0.137. The first-order chi connectivity index (χ1) is 13.9. The van der Waals surface area contributed by atoms with Crippen molar-refractivity contribution in [2.45, 2.75) is 12.8 Å². The van der Waals surface area contributed by atoms with Crippen LogP contribution in [-0.2, 0) is 17.6 Å². The van der Waals surface area contributed by atoms with Crippen molar-refractivity contribution in [1.82, 2.24) is 4.98 Å². The van der Waals surface area contributed by atoms with Crippen molar-refractivity contribution < 1.29 is 22.7 Å². The quantitative estimate of drug-likeness (QED) is 0.364. The van der Waals surface area contributed by atoms with Crippen molar-refractivity contribution >= 4 is 17.8 Å². The summed E-state index contributed by atoms with van der Waals surface area (Å²) >= 11 is 5.97. The van der Waals surface area contributed by atoms with Gasteiger partial charge in [-0.15, -0.1) is 0 Å². The van der Waals surface area contributed by atoms with Crippen LogP contribution < -0.4 is 4.74 Å². The molecule has 0 unspecified atom stereocenters. The Morgan fingerprint density at radius 3 is 2.52 bits per heavy atom. The normalized spacial score (nSPS) is 11.6. The molecule has 4 nitrogen and oxygen atoms in total. The van der Waals surface area contributed by atoms with Gasteiger partial charge < -0.3 is 9.57 Å². The topological polar surface area (TPSA) is 43.7 Å². The fourth-order valence-electron chi connectivity index (χ4n) is 2.50. The molecule has 150 valence electrons. The van der Waals surface area contributed by atoms with E-state index in [-0.39, 0.29) is 17.3 Å². The van der Waals surface area contributed by atoms with Crippen molar-refractivity contribution in [3.63, 3.8) is 0 Å². The summed E-state index contributed by atoms with van der Waals surface area (Å²) in [5.74, 6) is 0.737. The van der Waals surface area contributed by atoms with E-state index in [1.165, 1.54) is 6.21 Å². The average Bonchev–Trinajstić information content (AvgIpc) is 2.71. The summed E-state index contributed by atoms with van der Waals surface area (Å²) in [6.07, 6.45) is -2.19. The number of aromatic nitrogens is 1. The largest absolute Gasteiger partial charge is 0.497 e. The van der Waals surface area contributed by atoms with E-state index in [1.54, 1.807) is 31.4 Å². The highest BCUT2D eigenvalue weighted by atomic mass is 35.5. The minimum atomic E-state index is -4.49. The van der Waals surface area contributed by atoms with E-state index in [0.717, 1.165) is 29.1 Å². The summed E-state index contributed by atoms with van der Waals surface area (Å²) in [7, 11) is 1.59. The average molecular weight is 421 g/mol. The Morgan fingerprint density at radius 2 is 1.86 bits per heavy atom. The summed E-state index contributed by atoms with van der Waals surface area (Å²) in [5.41, 5.74) is 1.65. The fraction of sp³-hybridized carbons (Fsp3) is 0.143. The molecule has 3 aromatic rings. The van der Waals surface area contributed by atoms with Crippen molar-refractivity contribution in [2.24, 2.45) is 5.16 Å². The highest BCUT2D eigenvalue weighted by Crippen LogP contribution is 2.33. The molecule has 0 bridgehead atoms. The van der Waals surface area contributed by atoms with Gasteiger partial charge in [0, 0.05) is 11.8 Å². The molecule has 0 amide bonds. The van der Waals surface area contributed by atoms with Gasteiger partial charge in [-0.1, -0.05) is 53.2 Å². The maximum absolute atomic E-state index is 12.7. The molecule has 3 rings (SSSR count). The monoisotopic (exact) mass is 420 g/mol. The molecule has 0 radical (unpaired) electrons. The molecule has 0 aliphatic carbocycles. The number of alkyl halides is 3. The van der Waals surface area contributed by atoms with E-state index in [4.69, 9.17) is 21.2 Å². The Bertz CT molecular complexity index is 1010. The van der Waals surface area contributed by atoms with Crippen molar-refractivity contribution in [1.29, 1.82) is 0 Å². The number of rotatable bonds is 6. The van der Waals surface area contributed by atoms with Gasteiger partial charge in [-0.3, -0.25) is 4.98 Å². The predicted octanol–water partition coefficient (Wildman–Crippen LogP) is 5.98. The number of methoxy groups -OCH3 is 1. The molecule has 0 spiro atoms. The lowest BCUT2D eigenvalue weighted by atomic mass is 10.1. The lowest BCUT2D eigenvalue weighted by Gasteiger charge is -2.09. The van der Waals surface area contributed by atoms with Crippen molar-refractivity contribution in [3.05, 3.63) is 82.5 Å². The van der Waals surface area contributed by atoms with Gasteiger partial charge in [-0.05, 0) is 29.3 Å². The Balaban J connectivity index is 1.63. The number of benzene rings is 2. The van der Waals surface area contributed by atoms with E-state index in [9.17, 15) is 13.2 Å². The lowest BCUT2D eigenvalue weighted by Crippen LogP contribution is -2.05. The predicted molar refractivity (Wildman–Crippen MR) is 105 cm³/mol. The van der Waals surface area contributed by atoms with E-state index in [0.29, 0.717) is 5.56 Å². The van der Waals surface area contributed by atoms with Gasteiger partial charge in [-0.25, -0.2) is 0 Å². The molecule has 0 saturated heterocycles. The van der Waals surface area contributed by atoms with Gasteiger partial charge in [0.25, 0.3) is 0 Å². The third-order valence-electron chi connectivity index (χ3n) is 3.99. The maximum atomic E-state index is 12.7.